The summed E-state index contributed by atoms with van der Waals surface area (Å²) in [5.41, 5.74) is 0.963. The second kappa shape index (κ2) is 7.69. The van der Waals surface area contributed by atoms with Crippen LogP contribution in [0, 0.1) is 6.92 Å². The minimum atomic E-state index is 0.469. The minimum absolute atomic E-state index is 0.469. The third kappa shape index (κ3) is 4.02. The minimum Gasteiger partial charge on any atom is -0.473 e. The fourth-order valence-corrected chi connectivity index (χ4v) is 1.57. The van der Waals surface area contributed by atoms with Crippen molar-refractivity contribution in [2.24, 2.45) is 0 Å². The molecule has 0 spiro atoms. The highest BCUT2D eigenvalue weighted by Gasteiger charge is 2.11. The van der Waals surface area contributed by atoms with Crippen molar-refractivity contribution in [2.45, 2.75) is 40.0 Å². The quantitative estimate of drug-likeness (QED) is 0.719. The van der Waals surface area contributed by atoms with Crippen LogP contribution in [0.5, 0.6) is 5.88 Å². The number of ether oxygens (including phenoxy) is 1. The van der Waals surface area contributed by atoms with Gasteiger partial charge >= 0.3 is 0 Å². The van der Waals surface area contributed by atoms with E-state index in [1.54, 1.807) is 6.08 Å². The van der Waals surface area contributed by atoms with Gasteiger partial charge in [-0.2, -0.15) is 4.98 Å². The predicted octanol–water partition coefficient (Wildman–Crippen LogP) is 3.12. The van der Waals surface area contributed by atoms with Crippen molar-refractivity contribution in [2.75, 3.05) is 18.5 Å². The Balaban J connectivity index is 2.98. The second-order valence-corrected chi connectivity index (χ2v) is 4.20. The van der Waals surface area contributed by atoms with Gasteiger partial charge in [0.2, 0.25) is 5.88 Å². The molecule has 0 atom stereocenters. The van der Waals surface area contributed by atoms with E-state index in [9.17, 15) is 0 Å². The Morgan fingerprint density at radius 2 is 2.06 bits per heavy atom. The molecule has 0 saturated heterocycles. The van der Waals surface area contributed by atoms with Crippen LogP contribution < -0.4 is 10.1 Å². The molecule has 1 N–H and O–H groups in total. The second-order valence-electron chi connectivity index (χ2n) is 4.20. The number of hydrogen-bond donors (Lipinski definition) is 1. The number of anilines is 1. The molecule has 100 valence electrons. The standard InChI is InChI=1S/C14H23N3O/c1-5-8-12-16-13(15-9-6-2)11(4)14(17-12)18-10-7-3/h7H,3,5-6,8-10H2,1-2,4H3,(H,15,16,17). The zero-order valence-electron chi connectivity index (χ0n) is 11.6. The summed E-state index contributed by atoms with van der Waals surface area (Å²) in [6.07, 6.45) is 4.68. The molecule has 0 aliphatic rings. The number of hydrogen-bond acceptors (Lipinski definition) is 4. The van der Waals surface area contributed by atoms with Crippen LogP contribution in [0.4, 0.5) is 5.82 Å². The maximum Gasteiger partial charge on any atom is 0.222 e. The molecule has 0 saturated carbocycles. The number of aromatic nitrogens is 2. The Hall–Kier alpha value is -1.58. The van der Waals surface area contributed by atoms with Crippen molar-refractivity contribution in [3.05, 3.63) is 24.0 Å². The SMILES string of the molecule is C=CCOc1nc(CCC)nc(NCCC)c1C. The highest BCUT2D eigenvalue weighted by molar-refractivity contribution is 5.48. The van der Waals surface area contributed by atoms with E-state index in [0.29, 0.717) is 12.5 Å². The van der Waals surface area contributed by atoms with Gasteiger partial charge in [0.25, 0.3) is 0 Å². The Morgan fingerprint density at radius 3 is 2.67 bits per heavy atom. The van der Waals surface area contributed by atoms with Crippen LogP contribution in [0.25, 0.3) is 0 Å². The van der Waals surface area contributed by atoms with Gasteiger partial charge in [0, 0.05) is 13.0 Å². The summed E-state index contributed by atoms with van der Waals surface area (Å²) in [6, 6.07) is 0. The third-order valence-electron chi connectivity index (χ3n) is 2.50. The van der Waals surface area contributed by atoms with Gasteiger partial charge in [0.05, 0.1) is 5.56 Å². The van der Waals surface area contributed by atoms with E-state index in [4.69, 9.17) is 4.74 Å². The Bertz CT molecular complexity index is 391. The van der Waals surface area contributed by atoms with Crippen LogP contribution in [0.3, 0.4) is 0 Å². The number of nitrogens with zero attached hydrogens (tertiary/aromatic N) is 2. The number of nitrogens with one attached hydrogen (secondary N) is 1. The van der Waals surface area contributed by atoms with E-state index < -0.39 is 0 Å². The Labute approximate surface area is 109 Å². The first-order chi connectivity index (χ1) is 8.72. The molecule has 4 heteroatoms. The first kappa shape index (κ1) is 14.5. The smallest absolute Gasteiger partial charge is 0.222 e. The lowest BCUT2D eigenvalue weighted by molar-refractivity contribution is 0.344. The average Bonchev–Trinajstić information content (AvgIpc) is 2.37. The van der Waals surface area contributed by atoms with E-state index in [2.05, 4.69) is 35.7 Å². The summed E-state index contributed by atoms with van der Waals surface area (Å²) in [4.78, 5) is 8.99. The van der Waals surface area contributed by atoms with E-state index in [1.807, 2.05) is 6.92 Å². The van der Waals surface area contributed by atoms with Crippen LogP contribution in [-0.4, -0.2) is 23.1 Å². The van der Waals surface area contributed by atoms with E-state index in [-0.39, 0.29) is 0 Å². The highest BCUT2D eigenvalue weighted by Crippen LogP contribution is 2.22. The Morgan fingerprint density at radius 1 is 1.28 bits per heavy atom. The summed E-state index contributed by atoms with van der Waals surface area (Å²) in [7, 11) is 0. The monoisotopic (exact) mass is 249 g/mol. The van der Waals surface area contributed by atoms with Crippen molar-refractivity contribution in [1.82, 2.24) is 9.97 Å². The molecule has 0 aliphatic carbocycles. The molecule has 0 bridgehead atoms. The van der Waals surface area contributed by atoms with Gasteiger partial charge in [-0.05, 0) is 19.8 Å². The van der Waals surface area contributed by atoms with Crippen molar-refractivity contribution in [1.29, 1.82) is 0 Å². The van der Waals surface area contributed by atoms with Gasteiger partial charge in [-0.1, -0.05) is 26.5 Å². The largest absolute Gasteiger partial charge is 0.473 e. The van der Waals surface area contributed by atoms with Crippen LogP contribution in [-0.2, 0) is 6.42 Å². The van der Waals surface area contributed by atoms with E-state index in [1.165, 1.54) is 0 Å². The summed E-state index contributed by atoms with van der Waals surface area (Å²) >= 11 is 0. The molecule has 0 aromatic carbocycles. The molecule has 1 heterocycles. The lowest BCUT2D eigenvalue weighted by Crippen LogP contribution is -2.10. The van der Waals surface area contributed by atoms with Gasteiger partial charge < -0.3 is 10.1 Å². The molecule has 0 unspecified atom stereocenters. The van der Waals surface area contributed by atoms with E-state index in [0.717, 1.165) is 43.0 Å². The molecule has 18 heavy (non-hydrogen) atoms. The summed E-state index contributed by atoms with van der Waals surface area (Å²) < 4.78 is 5.58. The van der Waals surface area contributed by atoms with Crippen LogP contribution in [0.2, 0.25) is 0 Å². The van der Waals surface area contributed by atoms with Gasteiger partial charge in [0.15, 0.2) is 0 Å². The number of rotatable bonds is 8. The highest BCUT2D eigenvalue weighted by atomic mass is 16.5. The van der Waals surface area contributed by atoms with Crippen LogP contribution in [0.15, 0.2) is 12.7 Å². The van der Waals surface area contributed by atoms with Gasteiger partial charge in [-0.25, -0.2) is 4.98 Å². The maximum atomic E-state index is 5.58. The molecule has 0 aliphatic heterocycles. The van der Waals surface area contributed by atoms with Gasteiger partial charge in [-0.3, -0.25) is 0 Å². The topological polar surface area (TPSA) is 47.0 Å². The summed E-state index contributed by atoms with van der Waals surface area (Å²) in [5, 5.41) is 3.32. The van der Waals surface area contributed by atoms with Crippen molar-refractivity contribution in [3.63, 3.8) is 0 Å². The van der Waals surface area contributed by atoms with E-state index >= 15 is 0 Å². The normalized spacial score (nSPS) is 10.2. The van der Waals surface area contributed by atoms with Crippen molar-refractivity contribution in [3.8, 4) is 5.88 Å². The average molecular weight is 249 g/mol. The molecule has 4 nitrogen and oxygen atoms in total. The van der Waals surface area contributed by atoms with Crippen molar-refractivity contribution < 1.29 is 4.74 Å². The summed E-state index contributed by atoms with van der Waals surface area (Å²) in [6.45, 7) is 11.3. The van der Waals surface area contributed by atoms with Crippen molar-refractivity contribution >= 4 is 5.82 Å². The van der Waals surface area contributed by atoms with Gasteiger partial charge in [0.1, 0.15) is 18.2 Å². The first-order valence-corrected chi connectivity index (χ1v) is 6.58. The zero-order valence-corrected chi connectivity index (χ0v) is 11.6. The molecule has 0 fully saturated rings. The first-order valence-electron chi connectivity index (χ1n) is 6.58. The molecule has 1 rings (SSSR count). The molecule has 0 amide bonds. The summed E-state index contributed by atoms with van der Waals surface area (Å²) in [5.74, 6) is 2.38. The molecule has 0 radical (unpaired) electrons. The Kier molecular flexibility index (Phi) is 6.19. The fourth-order valence-electron chi connectivity index (χ4n) is 1.57. The fraction of sp³-hybridized carbons (Fsp3) is 0.571. The lowest BCUT2D eigenvalue weighted by atomic mass is 10.2. The van der Waals surface area contributed by atoms with Crippen LogP contribution >= 0.6 is 0 Å². The number of aryl methyl sites for hydroxylation is 1. The molecule has 1 aromatic rings. The lowest BCUT2D eigenvalue weighted by Gasteiger charge is -2.13. The zero-order chi connectivity index (χ0) is 13.4. The molecule has 1 aromatic heterocycles. The molecular weight excluding hydrogens is 226 g/mol. The molecular formula is C14H23N3O. The predicted molar refractivity (Wildman–Crippen MR) is 75.2 cm³/mol. The maximum absolute atomic E-state index is 5.58. The third-order valence-corrected chi connectivity index (χ3v) is 2.50. The van der Waals surface area contributed by atoms with Crippen LogP contribution in [0.1, 0.15) is 38.1 Å². The van der Waals surface area contributed by atoms with Gasteiger partial charge in [-0.15, -0.1) is 0 Å².